The molecule has 1 amide bonds. The fourth-order valence-electron chi connectivity index (χ4n) is 2.44. The van der Waals surface area contributed by atoms with Crippen molar-refractivity contribution in [3.05, 3.63) is 45.8 Å². The van der Waals surface area contributed by atoms with E-state index in [1.54, 1.807) is 7.11 Å². The van der Waals surface area contributed by atoms with Crippen LogP contribution in [0, 0.1) is 0 Å². The smallest absolute Gasteiger partial charge is 0.264 e. The molecule has 1 aliphatic heterocycles. The molecule has 2 aromatic heterocycles. The van der Waals surface area contributed by atoms with Gasteiger partial charge in [-0.15, -0.1) is 11.3 Å². The Morgan fingerprint density at radius 2 is 2.27 bits per heavy atom. The molecule has 0 unspecified atom stereocenters. The summed E-state index contributed by atoms with van der Waals surface area (Å²) < 4.78 is 10.5. The van der Waals surface area contributed by atoms with Crippen LogP contribution in [0.5, 0.6) is 5.88 Å². The van der Waals surface area contributed by atoms with Crippen LogP contribution < -0.4 is 4.74 Å². The molecule has 0 saturated carbocycles. The number of pyridine rings is 1. The molecular formula is C16H18N2O3S. The van der Waals surface area contributed by atoms with Gasteiger partial charge < -0.3 is 14.4 Å². The number of ether oxygens (including phenoxy) is 2. The van der Waals surface area contributed by atoms with Gasteiger partial charge in [-0.05, 0) is 17.0 Å². The summed E-state index contributed by atoms with van der Waals surface area (Å²) in [6.45, 7) is 2.34. The molecule has 0 radical (unpaired) electrons. The van der Waals surface area contributed by atoms with Gasteiger partial charge in [-0.1, -0.05) is 12.1 Å². The van der Waals surface area contributed by atoms with Crippen molar-refractivity contribution in [2.24, 2.45) is 0 Å². The molecule has 0 atom stereocenters. The maximum atomic E-state index is 12.4. The van der Waals surface area contributed by atoms with Gasteiger partial charge in [0.1, 0.15) is 6.61 Å². The summed E-state index contributed by atoms with van der Waals surface area (Å²) in [5.41, 5.74) is 2.11. The van der Waals surface area contributed by atoms with Crippen molar-refractivity contribution in [3.63, 3.8) is 0 Å². The van der Waals surface area contributed by atoms with E-state index in [2.05, 4.69) is 4.98 Å². The first-order chi connectivity index (χ1) is 10.8. The molecule has 22 heavy (non-hydrogen) atoms. The topological polar surface area (TPSA) is 51.7 Å². The zero-order valence-corrected chi connectivity index (χ0v) is 13.3. The van der Waals surface area contributed by atoms with Gasteiger partial charge in [0.2, 0.25) is 5.88 Å². The first-order valence-electron chi connectivity index (χ1n) is 7.21. The summed E-state index contributed by atoms with van der Waals surface area (Å²) in [6.07, 6.45) is 0.758. The molecule has 0 aromatic carbocycles. The van der Waals surface area contributed by atoms with E-state index in [1.165, 1.54) is 11.3 Å². The fraction of sp³-hybridized carbons (Fsp3) is 0.375. The Morgan fingerprint density at radius 1 is 1.36 bits per heavy atom. The Kier molecular flexibility index (Phi) is 4.70. The average Bonchev–Trinajstić information content (AvgIpc) is 3.08. The van der Waals surface area contributed by atoms with Crippen molar-refractivity contribution in [2.75, 3.05) is 26.9 Å². The minimum absolute atomic E-state index is 0.0982. The first-order valence-corrected chi connectivity index (χ1v) is 8.09. The predicted octanol–water partition coefficient (Wildman–Crippen LogP) is 2.37. The van der Waals surface area contributed by atoms with Crippen LogP contribution in [0.25, 0.3) is 0 Å². The number of amides is 1. The third-order valence-electron chi connectivity index (χ3n) is 3.58. The molecule has 0 fully saturated rings. The average molecular weight is 318 g/mol. The summed E-state index contributed by atoms with van der Waals surface area (Å²) in [7, 11) is 1.64. The molecule has 0 bridgehead atoms. The van der Waals surface area contributed by atoms with Crippen molar-refractivity contribution in [2.45, 2.75) is 13.0 Å². The SMILES string of the molecule is COCCOc1ccc2c(n1)CCN(C(=O)c1cccs1)C2. The lowest BCUT2D eigenvalue weighted by atomic mass is 10.1. The van der Waals surface area contributed by atoms with Crippen molar-refractivity contribution in [1.82, 2.24) is 9.88 Å². The number of rotatable bonds is 5. The van der Waals surface area contributed by atoms with E-state index < -0.39 is 0 Å². The molecule has 0 N–H and O–H groups in total. The number of fused-ring (bicyclic) bond motifs is 1. The number of thiophene rings is 1. The predicted molar refractivity (Wildman–Crippen MR) is 84.4 cm³/mol. The van der Waals surface area contributed by atoms with E-state index in [4.69, 9.17) is 9.47 Å². The Balaban J connectivity index is 1.67. The third kappa shape index (κ3) is 3.28. The fourth-order valence-corrected chi connectivity index (χ4v) is 3.13. The number of carbonyl (C=O) groups excluding carboxylic acids is 1. The summed E-state index contributed by atoms with van der Waals surface area (Å²) >= 11 is 1.48. The number of carbonyl (C=O) groups is 1. The lowest BCUT2D eigenvalue weighted by molar-refractivity contribution is 0.0738. The summed E-state index contributed by atoms with van der Waals surface area (Å²) in [4.78, 5) is 19.6. The monoisotopic (exact) mass is 318 g/mol. The van der Waals surface area contributed by atoms with E-state index in [9.17, 15) is 4.79 Å². The van der Waals surface area contributed by atoms with Crippen LogP contribution in [0.1, 0.15) is 20.9 Å². The molecule has 3 rings (SSSR count). The van der Waals surface area contributed by atoms with Gasteiger partial charge in [-0.2, -0.15) is 0 Å². The maximum Gasteiger partial charge on any atom is 0.264 e. The standard InChI is InChI=1S/C16H18N2O3S/c1-20-8-9-21-15-5-4-12-11-18(7-6-13(12)17-15)16(19)14-3-2-10-22-14/h2-5,10H,6-9,11H2,1H3. The van der Waals surface area contributed by atoms with E-state index in [1.807, 2.05) is 34.5 Å². The largest absolute Gasteiger partial charge is 0.475 e. The van der Waals surface area contributed by atoms with Crippen molar-refractivity contribution >= 4 is 17.2 Å². The van der Waals surface area contributed by atoms with Crippen LogP contribution in [0.2, 0.25) is 0 Å². The van der Waals surface area contributed by atoms with Gasteiger partial charge in [-0.3, -0.25) is 4.79 Å². The van der Waals surface area contributed by atoms with Gasteiger partial charge in [-0.25, -0.2) is 4.98 Å². The normalized spacial score (nSPS) is 13.8. The number of hydrogen-bond donors (Lipinski definition) is 0. The summed E-state index contributed by atoms with van der Waals surface area (Å²) in [5.74, 6) is 0.718. The highest BCUT2D eigenvalue weighted by Gasteiger charge is 2.23. The zero-order chi connectivity index (χ0) is 15.4. The molecule has 2 aromatic rings. The van der Waals surface area contributed by atoms with Gasteiger partial charge >= 0.3 is 0 Å². The lowest BCUT2D eigenvalue weighted by Gasteiger charge is -2.28. The highest BCUT2D eigenvalue weighted by Crippen LogP contribution is 2.22. The minimum atomic E-state index is 0.0982. The van der Waals surface area contributed by atoms with Crippen LogP contribution >= 0.6 is 11.3 Å². The second-order valence-corrected chi connectivity index (χ2v) is 6.00. The number of aromatic nitrogens is 1. The molecular weight excluding hydrogens is 300 g/mol. The quantitative estimate of drug-likeness (QED) is 0.794. The summed E-state index contributed by atoms with van der Waals surface area (Å²) in [5, 5.41) is 1.93. The second-order valence-electron chi connectivity index (χ2n) is 5.05. The number of hydrogen-bond acceptors (Lipinski definition) is 5. The Labute approximate surface area is 133 Å². The Bertz CT molecular complexity index is 643. The molecule has 116 valence electrons. The van der Waals surface area contributed by atoms with Crippen LogP contribution in [0.15, 0.2) is 29.6 Å². The van der Waals surface area contributed by atoms with E-state index >= 15 is 0 Å². The highest BCUT2D eigenvalue weighted by molar-refractivity contribution is 7.12. The van der Waals surface area contributed by atoms with Crippen LogP contribution in [0.4, 0.5) is 0 Å². The van der Waals surface area contributed by atoms with Crippen molar-refractivity contribution in [1.29, 1.82) is 0 Å². The number of methoxy groups -OCH3 is 1. The second kappa shape index (κ2) is 6.89. The van der Waals surface area contributed by atoms with Crippen molar-refractivity contribution in [3.8, 4) is 5.88 Å². The zero-order valence-electron chi connectivity index (χ0n) is 12.4. The molecule has 5 nitrogen and oxygen atoms in total. The Hall–Kier alpha value is -1.92. The van der Waals surface area contributed by atoms with Gasteiger partial charge in [0.15, 0.2) is 0 Å². The highest BCUT2D eigenvalue weighted by atomic mass is 32.1. The maximum absolute atomic E-state index is 12.4. The van der Waals surface area contributed by atoms with E-state index in [0.717, 1.165) is 22.6 Å². The molecule has 6 heteroatoms. The Morgan fingerprint density at radius 3 is 3.05 bits per heavy atom. The van der Waals surface area contributed by atoms with E-state index in [-0.39, 0.29) is 5.91 Å². The third-order valence-corrected chi connectivity index (χ3v) is 4.44. The molecule has 3 heterocycles. The van der Waals surface area contributed by atoms with Crippen LogP contribution in [-0.4, -0.2) is 42.7 Å². The summed E-state index contributed by atoms with van der Waals surface area (Å²) in [6, 6.07) is 7.63. The first kappa shape index (κ1) is 15.0. The minimum Gasteiger partial charge on any atom is -0.475 e. The van der Waals surface area contributed by atoms with Crippen molar-refractivity contribution < 1.29 is 14.3 Å². The van der Waals surface area contributed by atoms with E-state index in [0.29, 0.717) is 32.2 Å². The number of nitrogens with zero attached hydrogens (tertiary/aromatic N) is 2. The molecule has 0 saturated heterocycles. The van der Waals surface area contributed by atoms with Crippen LogP contribution in [0.3, 0.4) is 0 Å². The van der Waals surface area contributed by atoms with Crippen LogP contribution in [-0.2, 0) is 17.7 Å². The molecule has 1 aliphatic rings. The molecule has 0 spiro atoms. The van der Waals surface area contributed by atoms with Gasteiger partial charge in [0.25, 0.3) is 5.91 Å². The molecule has 0 aliphatic carbocycles. The van der Waals surface area contributed by atoms with Gasteiger partial charge in [0.05, 0.1) is 17.2 Å². The van der Waals surface area contributed by atoms with Gasteiger partial charge in [0, 0.05) is 32.7 Å². The lowest BCUT2D eigenvalue weighted by Crippen LogP contribution is -2.36.